The van der Waals surface area contributed by atoms with E-state index in [1.807, 2.05) is 0 Å². The van der Waals surface area contributed by atoms with Crippen molar-refractivity contribution in [2.75, 3.05) is 5.32 Å². The Bertz CT molecular complexity index is 567. The molecular formula is C12H7BrF2N2O. The number of halogens is 3. The smallest absolute Gasteiger partial charge is 0.255 e. The number of amides is 1. The zero-order valence-electron chi connectivity index (χ0n) is 8.95. The Kier molecular flexibility index (Phi) is 3.66. The maximum Gasteiger partial charge on any atom is 0.255 e. The first-order chi connectivity index (χ1) is 8.58. The van der Waals surface area contributed by atoms with Gasteiger partial charge in [-0.1, -0.05) is 15.9 Å². The molecule has 2 rings (SSSR count). The van der Waals surface area contributed by atoms with E-state index in [1.54, 1.807) is 12.1 Å². The van der Waals surface area contributed by atoms with Crippen LogP contribution < -0.4 is 5.32 Å². The number of nitrogens with one attached hydrogen (secondary N) is 1. The number of pyridine rings is 1. The molecular weight excluding hydrogens is 306 g/mol. The number of hydrogen-bond donors (Lipinski definition) is 1. The number of carbonyl (C=O) groups is 1. The van der Waals surface area contributed by atoms with Gasteiger partial charge in [0.15, 0.2) is 11.6 Å². The van der Waals surface area contributed by atoms with Gasteiger partial charge in [0.05, 0.1) is 12.4 Å². The first kappa shape index (κ1) is 12.6. The largest absolute Gasteiger partial charge is 0.317 e. The molecule has 0 bridgehead atoms. The molecule has 0 saturated carbocycles. The Hall–Kier alpha value is -1.82. The molecule has 0 aliphatic rings. The second kappa shape index (κ2) is 5.22. The van der Waals surface area contributed by atoms with Gasteiger partial charge in [-0.05, 0) is 24.3 Å². The summed E-state index contributed by atoms with van der Waals surface area (Å²) in [5.41, 5.74) is -0.202. The van der Waals surface area contributed by atoms with Gasteiger partial charge in [-0.15, -0.1) is 0 Å². The molecule has 1 aromatic carbocycles. The van der Waals surface area contributed by atoms with E-state index in [-0.39, 0.29) is 0 Å². The number of aromatic nitrogens is 1. The van der Waals surface area contributed by atoms with Gasteiger partial charge in [-0.2, -0.15) is 0 Å². The van der Waals surface area contributed by atoms with Crippen molar-refractivity contribution in [3.05, 3.63) is 58.3 Å². The van der Waals surface area contributed by atoms with Crippen LogP contribution in [0.5, 0.6) is 0 Å². The van der Waals surface area contributed by atoms with Crippen LogP contribution >= 0.6 is 15.9 Å². The fourth-order valence-corrected chi connectivity index (χ4v) is 1.58. The molecule has 1 heterocycles. The predicted molar refractivity (Wildman–Crippen MR) is 66.2 cm³/mol. The summed E-state index contributed by atoms with van der Waals surface area (Å²) >= 11 is 3.22. The molecule has 2 aromatic rings. The Balaban J connectivity index is 2.24. The second-order valence-corrected chi connectivity index (χ2v) is 4.35. The minimum absolute atomic E-state index is 0.300. The summed E-state index contributed by atoms with van der Waals surface area (Å²) in [6, 6.07) is 6.40. The zero-order chi connectivity index (χ0) is 13.1. The Morgan fingerprint density at radius 1 is 1.11 bits per heavy atom. The maximum absolute atomic E-state index is 13.3. The first-order valence-electron chi connectivity index (χ1n) is 4.94. The van der Waals surface area contributed by atoms with Gasteiger partial charge < -0.3 is 5.32 Å². The number of carbonyl (C=O) groups excluding carboxylic acids is 1. The van der Waals surface area contributed by atoms with Gasteiger partial charge in [-0.25, -0.2) is 8.78 Å². The van der Waals surface area contributed by atoms with Gasteiger partial charge >= 0.3 is 0 Å². The van der Waals surface area contributed by atoms with E-state index >= 15 is 0 Å². The van der Waals surface area contributed by atoms with Crippen LogP contribution in [0.2, 0.25) is 0 Å². The van der Waals surface area contributed by atoms with Crippen molar-refractivity contribution >= 4 is 27.5 Å². The fraction of sp³-hybridized carbons (Fsp3) is 0. The van der Waals surface area contributed by atoms with Gasteiger partial charge in [0.25, 0.3) is 5.91 Å². The highest BCUT2D eigenvalue weighted by Gasteiger charge is 2.13. The summed E-state index contributed by atoms with van der Waals surface area (Å²) < 4.78 is 27.3. The van der Waals surface area contributed by atoms with Crippen molar-refractivity contribution in [3.63, 3.8) is 0 Å². The SMILES string of the molecule is O=C(Nc1c(F)cncc1F)c1ccc(Br)cc1. The molecule has 0 radical (unpaired) electrons. The Labute approximate surface area is 110 Å². The van der Waals surface area contributed by atoms with Crippen LogP contribution in [0.3, 0.4) is 0 Å². The average molecular weight is 313 g/mol. The first-order valence-corrected chi connectivity index (χ1v) is 5.73. The molecule has 0 unspecified atom stereocenters. The lowest BCUT2D eigenvalue weighted by atomic mass is 10.2. The van der Waals surface area contributed by atoms with Crippen LogP contribution in [0.15, 0.2) is 41.1 Å². The molecule has 18 heavy (non-hydrogen) atoms. The number of nitrogens with zero attached hydrogens (tertiary/aromatic N) is 1. The lowest BCUT2D eigenvalue weighted by molar-refractivity contribution is 0.102. The van der Waals surface area contributed by atoms with E-state index in [9.17, 15) is 13.6 Å². The molecule has 0 aliphatic heterocycles. The van der Waals surface area contributed by atoms with E-state index in [0.717, 1.165) is 16.9 Å². The van der Waals surface area contributed by atoms with Crippen molar-refractivity contribution in [3.8, 4) is 0 Å². The van der Waals surface area contributed by atoms with Crippen molar-refractivity contribution in [2.45, 2.75) is 0 Å². The molecule has 92 valence electrons. The van der Waals surface area contributed by atoms with E-state index in [4.69, 9.17) is 0 Å². The highest BCUT2D eigenvalue weighted by molar-refractivity contribution is 9.10. The predicted octanol–water partition coefficient (Wildman–Crippen LogP) is 3.37. The molecule has 0 saturated heterocycles. The van der Waals surface area contributed by atoms with E-state index in [1.165, 1.54) is 12.1 Å². The molecule has 0 spiro atoms. The number of rotatable bonds is 2. The molecule has 1 aromatic heterocycles. The van der Waals surface area contributed by atoms with E-state index < -0.39 is 23.2 Å². The third-order valence-electron chi connectivity index (χ3n) is 2.20. The minimum atomic E-state index is -0.916. The van der Waals surface area contributed by atoms with Crippen molar-refractivity contribution in [1.82, 2.24) is 4.98 Å². The van der Waals surface area contributed by atoms with Crippen LogP contribution in [-0.4, -0.2) is 10.9 Å². The standard InChI is InChI=1S/C12H7BrF2N2O/c13-8-3-1-7(2-4-8)12(18)17-11-9(14)5-16-6-10(11)15/h1-6H,(H,16,17,18). The molecule has 1 N–H and O–H groups in total. The van der Waals surface area contributed by atoms with Crippen LogP contribution in [0.1, 0.15) is 10.4 Å². The van der Waals surface area contributed by atoms with Gasteiger partial charge in [0.1, 0.15) is 5.69 Å². The third-order valence-corrected chi connectivity index (χ3v) is 2.73. The van der Waals surface area contributed by atoms with Crippen LogP contribution in [0, 0.1) is 11.6 Å². The summed E-state index contributed by atoms with van der Waals surface area (Å²) in [6.07, 6.45) is 1.67. The average Bonchev–Trinajstić information content (AvgIpc) is 2.34. The summed E-state index contributed by atoms with van der Waals surface area (Å²) in [5.74, 6) is -2.42. The minimum Gasteiger partial charge on any atom is -0.317 e. The fourth-order valence-electron chi connectivity index (χ4n) is 1.32. The summed E-state index contributed by atoms with van der Waals surface area (Å²) in [7, 11) is 0. The number of hydrogen-bond acceptors (Lipinski definition) is 2. The number of benzene rings is 1. The van der Waals surface area contributed by atoms with E-state index in [2.05, 4.69) is 26.2 Å². The van der Waals surface area contributed by atoms with Crippen molar-refractivity contribution < 1.29 is 13.6 Å². The lowest BCUT2D eigenvalue weighted by Crippen LogP contribution is -2.14. The monoisotopic (exact) mass is 312 g/mol. The second-order valence-electron chi connectivity index (χ2n) is 3.44. The Morgan fingerprint density at radius 3 is 2.22 bits per heavy atom. The van der Waals surface area contributed by atoms with Crippen molar-refractivity contribution in [2.24, 2.45) is 0 Å². The summed E-state index contributed by atoms with van der Waals surface area (Å²) in [5, 5.41) is 2.17. The van der Waals surface area contributed by atoms with Gasteiger partial charge in [-0.3, -0.25) is 9.78 Å². The van der Waals surface area contributed by atoms with Crippen LogP contribution in [-0.2, 0) is 0 Å². The Morgan fingerprint density at radius 2 is 1.67 bits per heavy atom. The normalized spacial score (nSPS) is 10.2. The molecule has 3 nitrogen and oxygen atoms in total. The number of anilines is 1. The van der Waals surface area contributed by atoms with Gasteiger partial charge in [0, 0.05) is 10.0 Å². The molecule has 0 fully saturated rings. The molecule has 1 amide bonds. The third kappa shape index (κ3) is 2.70. The zero-order valence-corrected chi connectivity index (χ0v) is 10.5. The molecule has 6 heteroatoms. The van der Waals surface area contributed by atoms with Gasteiger partial charge in [0.2, 0.25) is 0 Å². The summed E-state index contributed by atoms with van der Waals surface area (Å²) in [6.45, 7) is 0. The van der Waals surface area contributed by atoms with Crippen molar-refractivity contribution in [1.29, 1.82) is 0 Å². The summed E-state index contributed by atoms with van der Waals surface area (Å²) in [4.78, 5) is 15.1. The highest BCUT2D eigenvalue weighted by Crippen LogP contribution is 2.18. The quantitative estimate of drug-likeness (QED) is 0.923. The van der Waals surface area contributed by atoms with E-state index in [0.29, 0.717) is 5.56 Å². The molecule has 0 aliphatic carbocycles. The maximum atomic E-state index is 13.3. The van der Waals surface area contributed by atoms with Crippen LogP contribution in [0.25, 0.3) is 0 Å². The highest BCUT2D eigenvalue weighted by atomic mass is 79.9. The topological polar surface area (TPSA) is 42.0 Å². The molecule has 0 atom stereocenters. The van der Waals surface area contributed by atoms with Crippen LogP contribution in [0.4, 0.5) is 14.5 Å². The lowest BCUT2D eigenvalue weighted by Gasteiger charge is -2.07.